The van der Waals surface area contributed by atoms with Gasteiger partial charge in [-0.05, 0) is 81.6 Å². The van der Waals surface area contributed by atoms with E-state index < -0.39 is 89.2 Å². The molecule has 14 heteroatoms. The molecule has 14 nitrogen and oxygen atoms in total. The van der Waals surface area contributed by atoms with Gasteiger partial charge >= 0.3 is 11.9 Å². The fourth-order valence-corrected chi connectivity index (χ4v) is 11.2. The van der Waals surface area contributed by atoms with Crippen LogP contribution in [0.1, 0.15) is 78.1 Å². The van der Waals surface area contributed by atoms with E-state index in [1.165, 1.54) is 0 Å². The van der Waals surface area contributed by atoms with Gasteiger partial charge in [-0.2, -0.15) is 0 Å². The smallest absolute Gasteiger partial charge is 0.331 e. The molecule has 0 bridgehead atoms. The summed E-state index contributed by atoms with van der Waals surface area (Å²) in [4.78, 5) is 25.2. The third kappa shape index (κ3) is 5.12. The van der Waals surface area contributed by atoms with Gasteiger partial charge in [0.25, 0.3) is 0 Å². The number of hydrogen-bond acceptors (Lipinski definition) is 13. The van der Waals surface area contributed by atoms with Crippen LogP contribution in [0.15, 0.2) is 11.6 Å². The Bertz CT molecular complexity index is 1300. The molecule has 0 spiro atoms. The molecular weight excluding hydrogens is 632 g/mol. The van der Waals surface area contributed by atoms with Crippen LogP contribution in [-0.4, -0.2) is 127 Å². The number of aliphatic carboxylic acids is 1. The summed E-state index contributed by atoms with van der Waals surface area (Å²) < 4.78 is 28.6. The Labute approximate surface area is 279 Å². The second-order valence-electron chi connectivity index (χ2n) is 15.8. The fraction of sp³-hybridized carbons (Fsp3) is 0.882. The molecule has 6 fully saturated rings. The highest BCUT2D eigenvalue weighted by atomic mass is 16.7. The molecule has 3 aliphatic heterocycles. The maximum absolute atomic E-state index is 13.3. The minimum atomic E-state index is -1.58. The van der Waals surface area contributed by atoms with E-state index in [2.05, 4.69) is 6.92 Å². The van der Waals surface area contributed by atoms with Crippen LogP contribution in [0.4, 0.5) is 0 Å². The van der Waals surface area contributed by atoms with Gasteiger partial charge in [0.15, 0.2) is 12.6 Å². The molecular formula is C34H50O14. The first-order valence-electron chi connectivity index (χ1n) is 17.5. The minimum absolute atomic E-state index is 0.00650. The summed E-state index contributed by atoms with van der Waals surface area (Å²) in [5, 5.41) is 76.6. The van der Waals surface area contributed by atoms with Gasteiger partial charge in [0.2, 0.25) is 0 Å². The predicted molar refractivity (Wildman–Crippen MR) is 162 cm³/mol. The summed E-state index contributed by atoms with van der Waals surface area (Å²) in [5.41, 5.74) is -3.82. The number of esters is 1. The summed E-state index contributed by atoms with van der Waals surface area (Å²) in [6.45, 7) is 3.71. The van der Waals surface area contributed by atoms with Gasteiger partial charge < -0.3 is 59.4 Å². The Balaban J connectivity index is 1.03. The molecule has 0 amide bonds. The summed E-state index contributed by atoms with van der Waals surface area (Å²) in [6.07, 6.45) is -4.57. The number of carboxylic acids is 1. The molecule has 0 aromatic rings. The molecule has 2 saturated heterocycles. The first kappa shape index (κ1) is 34.7. The quantitative estimate of drug-likeness (QED) is 0.146. The molecule has 7 aliphatic rings. The summed E-state index contributed by atoms with van der Waals surface area (Å²) in [6, 6.07) is 0. The Morgan fingerprint density at radius 2 is 1.69 bits per heavy atom. The van der Waals surface area contributed by atoms with Crippen molar-refractivity contribution in [2.24, 2.45) is 28.6 Å². The van der Waals surface area contributed by atoms with Crippen molar-refractivity contribution in [1.29, 1.82) is 0 Å². The van der Waals surface area contributed by atoms with E-state index in [1.54, 1.807) is 13.0 Å². The zero-order chi connectivity index (χ0) is 34.4. The molecule has 3 heterocycles. The predicted octanol–water partition coefficient (Wildman–Crippen LogP) is 0.128. The number of aliphatic hydroxyl groups excluding tert-OH is 4. The summed E-state index contributed by atoms with van der Waals surface area (Å²) in [5.74, 6) is -2.21. The standard InChI is InChI=1S/C34H50O14/c1-16-28(48-29-27(39)26(38)23(36)15-45-29)22(35)12-25(46-16)47-18-3-9-33(30(40)41)20-4-7-31(2)19(17-11-24(37)44-14-17)6-10-34(31,43)21(20)5-8-32(33,42)13-18/h11,16,18-23,25-29,35-36,38-39,42-43H,3-10,12-15H2,1-2H3,(H,40,41). The molecule has 7 N–H and O–H groups in total. The van der Waals surface area contributed by atoms with Crippen LogP contribution in [0.25, 0.3) is 0 Å². The third-order valence-electron chi connectivity index (χ3n) is 13.6. The van der Waals surface area contributed by atoms with Gasteiger partial charge in [-0.1, -0.05) is 6.92 Å². The minimum Gasteiger partial charge on any atom is -0.481 e. The molecule has 16 unspecified atom stereocenters. The molecule has 0 aromatic heterocycles. The summed E-state index contributed by atoms with van der Waals surface area (Å²) >= 11 is 0. The number of carbonyl (C=O) groups excluding carboxylic acids is 1. The molecule has 4 aliphatic carbocycles. The molecule has 0 radical (unpaired) electrons. The van der Waals surface area contributed by atoms with Crippen molar-refractivity contribution in [2.75, 3.05) is 13.2 Å². The average molecular weight is 683 g/mol. The fourth-order valence-electron chi connectivity index (χ4n) is 11.2. The van der Waals surface area contributed by atoms with Crippen LogP contribution < -0.4 is 0 Å². The lowest BCUT2D eigenvalue weighted by molar-refractivity contribution is -0.331. The zero-order valence-electron chi connectivity index (χ0n) is 27.5. The van der Waals surface area contributed by atoms with Gasteiger partial charge in [0.05, 0.1) is 41.5 Å². The number of hydrogen-bond donors (Lipinski definition) is 7. The largest absolute Gasteiger partial charge is 0.481 e. The SMILES string of the molecule is CC1OC(OC2CCC3(C(=O)O)C4CCC5(C)C(C6=CC(=O)OC6)CCC5(O)C4CCC3(O)C2)CC(O)C1OC1OCC(O)C(O)C1O. The number of rotatable bonds is 6. The Hall–Kier alpha value is -1.72. The average Bonchev–Trinajstić information content (AvgIpc) is 3.57. The van der Waals surface area contributed by atoms with Crippen molar-refractivity contribution in [3.8, 4) is 0 Å². The van der Waals surface area contributed by atoms with Crippen LogP contribution in [0.3, 0.4) is 0 Å². The Kier molecular flexibility index (Phi) is 8.83. The molecule has 48 heavy (non-hydrogen) atoms. The van der Waals surface area contributed by atoms with Crippen molar-refractivity contribution in [3.05, 3.63) is 11.6 Å². The molecule has 0 aromatic carbocycles. The van der Waals surface area contributed by atoms with Crippen LogP contribution in [0, 0.1) is 28.6 Å². The zero-order valence-corrected chi connectivity index (χ0v) is 27.5. The van der Waals surface area contributed by atoms with Gasteiger partial charge in [0, 0.05) is 24.3 Å². The molecule has 4 saturated carbocycles. The van der Waals surface area contributed by atoms with Crippen LogP contribution in [0.2, 0.25) is 0 Å². The molecule has 7 rings (SSSR count). The lowest BCUT2D eigenvalue weighted by atomic mass is 9.41. The molecule has 270 valence electrons. The van der Waals surface area contributed by atoms with Crippen LogP contribution in [0.5, 0.6) is 0 Å². The van der Waals surface area contributed by atoms with Crippen LogP contribution in [-0.2, 0) is 33.3 Å². The van der Waals surface area contributed by atoms with Gasteiger partial charge in [0.1, 0.15) is 31.0 Å². The van der Waals surface area contributed by atoms with Crippen molar-refractivity contribution < 1.29 is 69.0 Å². The van der Waals surface area contributed by atoms with Crippen molar-refractivity contribution >= 4 is 11.9 Å². The number of fused-ring (bicyclic) bond motifs is 5. The van der Waals surface area contributed by atoms with E-state index in [4.69, 9.17) is 23.7 Å². The van der Waals surface area contributed by atoms with Crippen molar-refractivity contribution in [2.45, 2.75) is 145 Å². The number of carbonyl (C=O) groups is 2. The van der Waals surface area contributed by atoms with E-state index in [1.807, 2.05) is 0 Å². The van der Waals surface area contributed by atoms with Crippen molar-refractivity contribution in [1.82, 2.24) is 0 Å². The van der Waals surface area contributed by atoms with Crippen molar-refractivity contribution in [3.63, 3.8) is 0 Å². The number of carboxylic acid groups (broad SMARTS) is 1. The number of ether oxygens (including phenoxy) is 5. The Morgan fingerprint density at radius 3 is 2.38 bits per heavy atom. The third-order valence-corrected chi connectivity index (χ3v) is 13.6. The number of aliphatic hydroxyl groups is 6. The first-order chi connectivity index (χ1) is 22.6. The lowest BCUT2D eigenvalue weighted by Crippen LogP contribution is -2.70. The Morgan fingerprint density at radius 1 is 0.938 bits per heavy atom. The van der Waals surface area contributed by atoms with Gasteiger partial charge in [-0.25, -0.2) is 4.79 Å². The van der Waals surface area contributed by atoms with Crippen LogP contribution >= 0.6 is 0 Å². The highest BCUT2D eigenvalue weighted by Crippen LogP contribution is 2.71. The highest BCUT2D eigenvalue weighted by Gasteiger charge is 2.73. The second-order valence-corrected chi connectivity index (χ2v) is 15.8. The van der Waals surface area contributed by atoms with E-state index in [0.717, 1.165) is 5.57 Å². The number of cyclic esters (lactones) is 1. The summed E-state index contributed by atoms with van der Waals surface area (Å²) in [7, 11) is 0. The lowest BCUT2D eigenvalue weighted by Gasteiger charge is -2.65. The maximum Gasteiger partial charge on any atom is 0.331 e. The van der Waals surface area contributed by atoms with E-state index in [-0.39, 0.29) is 56.7 Å². The van der Waals surface area contributed by atoms with Gasteiger partial charge in [-0.15, -0.1) is 0 Å². The first-order valence-corrected chi connectivity index (χ1v) is 17.5. The van der Waals surface area contributed by atoms with E-state index in [0.29, 0.717) is 38.5 Å². The maximum atomic E-state index is 13.3. The van der Waals surface area contributed by atoms with Gasteiger partial charge in [-0.3, -0.25) is 4.79 Å². The monoisotopic (exact) mass is 682 g/mol. The van der Waals surface area contributed by atoms with E-state index in [9.17, 15) is 45.3 Å². The molecule has 16 atom stereocenters. The second kappa shape index (κ2) is 12.2. The normalized spacial score (nSPS) is 53.7. The van der Waals surface area contributed by atoms with E-state index >= 15 is 0 Å². The highest BCUT2D eigenvalue weighted by molar-refractivity contribution is 5.85. The topological polar surface area (TPSA) is 222 Å².